The third-order valence-electron chi connectivity index (χ3n) is 6.92. The minimum Gasteiger partial charge on any atom is -0.481 e. The Morgan fingerprint density at radius 3 is 2.42 bits per heavy atom. The standard InChI is InChI=1S/C21H20O3/c1-24-12-20-17-11-16(13-7-3-2-4-8-13)21(20,19(22)23)18(20)15-10-6-5-9-14(15)17/h2-10,16-18H,11-12H2,1H3,(H,22,23)/t16-,17+,18-,20+,21?/m1/s1. The van der Waals surface area contributed by atoms with E-state index in [-0.39, 0.29) is 23.2 Å². The van der Waals surface area contributed by atoms with E-state index in [0.29, 0.717) is 6.61 Å². The van der Waals surface area contributed by atoms with Gasteiger partial charge in [-0.2, -0.15) is 0 Å². The highest BCUT2D eigenvalue weighted by molar-refractivity contribution is 5.89. The summed E-state index contributed by atoms with van der Waals surface area (Å²) in [5.74, 6) is -0.258. The van der Waals surface area contributed by atoms with Gasteiger partial charge in [-0.1, -0.05) is 54.6 Å². The van der Waals surface area contributed by atoms with Crippen molar-refractivity contribution in [3.63, 3.8) is 0 Å². The highest BCUT2D eigenvalue weighted by Gasteiger charge is 2.91. The third kappa shape index (κ3) is 1.30. The van der Waals surface area contributed by atoms with Crippen LogP contribution in [0.2, 0.25) is 0 Å². The maximum absolute atomic E-state index is 12.6. The molecule has 122 valence electrons. The van der Waals surface area contributed by atoms with Crippen LogP contribution in [0.15, 0.2) is 54.6 Å². The van der Waals surface area contributed by atoms with E-state index in [2.05, 4.69) is 30.3 Å². The smallest absolute Gasteiger partial charge is 0.311 e. The van der Waals surface area contributed by atoms with Crippen LogP contribution in [-0.4, -0.2) is 24.8 Å². The van der Waals surface area contributed by atoms with Gasteiger partial charge in [0, 0.05) is 24.4 Å². The normalized spacial score (nSPS) is 37.8. The first-order valence-electron chi connectivity index (χ1n) is 8.55. The number of carbonyl (C=O) groups is 1. The van der Waals surface area contributed by atoms with Crippen molar-refractivity contribution in [2.75, 3.05) is 13.7 Å². The van der Waals surface area contributed by atoms with Crippen molar-refractivity contribution in [1.29, 1.82) is 0 Å². The highest BCUT2D eigenvalue weighted by Crippen LogP contribution is 2.92. The molecule has 3 aliphatic carbocycles. The minimum atomic E-state index is -0.719. The maximum atomic E-state index is 12.6. The number of carboxylic acids is 1. The molecule has 2 fully saturated rings. The second-order valence-corrected chi connectivity index (χ2v) is 7.46. The number of benzene rings is 2. The van der Waals surface area contributed by atoms with Gasteiger partial charge < -0.3 is 9.84 Å². The van der Waals surface area contributed by atoms with E-state index in [1.54, 1.807) is 7.11 Å². The lowest BCUT2D eigenvalue weighted by molar-refractivity contribution is -0.146. The van der Waals surface area contributed by atoms with Gasteiger partial charge in [-0.25, -0.2) is 0 Å². The fourth-order valence-corrected chi connectivity index (χ4v) is 6.35. The Kier molecular flexibility index (Phi) is 2.66. The van der Waals surface area contributed by atoms with E-state index in [1.165, 1.54) is 11.1 Å². The van der Waals surface area contributed by atoms with Crippen LogP contribution < -0.4 is 0 Å². The summed E-state index contributed by atoms with van der Waals surface area (Å²) >= 11 is 0. The topological polar surface area (TPSA) is 46.5 Å². The Hall–Kier alpha value is -2.13. The van der Waals surface area contributed by atoms with Crippen LogP contribution in [0.3, 0.4) is 0 Å². The number of rotatable bonds is 4. The number of ether oxygens (including phenoxy) is 1. The number of methoxy groups -OCH3 is 1. The van der Waals surface area contributed by atoms with Crippen LogP contribution >= 0.6 is 0 Å². The molecule has 0 bridgehead atoms. The number of carboxylic acid groups (broad SMARTS) is 1. The van der Waals surface area contributed by atoms with E-state index >= 15 is 0 Å². The van der Waals surface area contributed by atoms with Crippen LogP contribution in [0, 0.1) is 10.8 Å². The molecule has 2 aromatic rings. The quantitative estimate of drug-likeness (QED) is 0.933. The SMILES string of the molecule is COC[C@@]12[C@H]3C[C@H](c4ccccc4)C1(C(=O)O)[C@@H]2c1ccccc13. The molecule has 0 saturated heterocycles. The van der Waals surface area contributed by atoms with Gasteiger partial charge in [-0.05, 0) is 29.0 Å². The van der Waals surface area contributed by atoms with Crippen molar-refractivity contribution in [2.45, 2.75) is 24.2 Å². The van der Waals surface area contributed by atoms with Crippen LogP contribution in [-0.2, 0) is 9.53 Å². The number of aliphatic carboxylic acids is 1. The van der Waals surface area contributed by atoms with Gasteiger partial charge in [0.25, 0.3) is 0 Å². The van der Waals surface area contributed by atoms with Gasteiger partial charge in [0.05, 0.1) is 12.0 Å². The summed E-state index contributed by atoms with van der Waals surface area (Å²) in [5, 5.41) is 10.3. The summed E-state index contributed by atoms with van der Waals surface area (Å²) in [4.78, 5) is 12.6. The van der Waals surface area contributed by atoms with Crippen molar-refractivity contribution in [2.24, 2.45) is 10.8 Å². The third-order valence-corrected chi connectivity index (χ3v) is 6.92. The predicted octanol–water partition coefficient (Wildman–Crippen LogP) is 3.77. The largest absolute Gasteiger partial charge is 0.481 e. The lowest BCUT2D eigenvalue weighted by Gasteiger charge is -2.23. The molecule has 5 rings (SSSR count). The van der Waals surface area contributed by atoms with Crippen molar-refractivity contribution >= 4 is 5.97 Å². The molecular weight excluding hydrogens is 300 g/mol. The van der Waals surface area contributed by atoms with Crippen molar-refractivity contribution < 1.29 is 14.6 Å². The average Bonchev–Trinajstić information content (AvgIpc) is 3.02. The molecule has 0 aromatic heterocycles. The Bertz CT molecular complexity index is 826. The lowest BCUT2D eigenvalue weighted by atomic mass is 9.80. The molecule has 5 atom stereocenters. The van der Waals surface area contributed by atoms with Crippen LogP contribution in [0.1, 0.15) is 40.9 Å². The summed E-state index contributed by atoms with van der Waals surface area (Å²) in [6.07, 6.45) is 0.896. The molecule has 0 radical (unpaired) electrons. The molecule has 3 heteroatoms. The Morgan fingerprint density at radius 2 is 1.75 bits per heavy atom. The average molecular weight is 320 g/mol. The van der Waals surface area contributed by atoms with Crippen LogP contribution in [0.4, 0.5) is 0 Å². The van der Waals surface area contributed by atoms with Crippen molar-refractivity contribution in [1.82, 2.24) is 0 Å². The highest BCUT2D eigenvalue weighted by atomic mass is 16.5. The molecule has 1 unspecified atom stereocenters. The zero-order valence-corrected chi connectivity index (χ0v) is 13.6. The van der Waals surface area contributed by atoms with E-state index in [4.69, 9.17) is 4.74 Å². The van der Waals surface area contributed by atoms with Gasteiger partial charge in [0.1, 0.15) is 0 Å². The molecule has 0 amide bonds. The van der Waals surface area contributed by atoms with Crippen molar-refractivity contribution in [3.8, 4) is 0 Å². The monoisotopic (exact) mass is 320 g/mol. The Morgan fingerprint density at radius 1 is 1.08 bits per heavy atom. The summed E-state index contributed by atoms with van der Waals surface area (Å²) in [6.45, 7) is 0.520. The van der Waals surface area contributed by atoms with E-state index < -0.39 is 11.4 Å². The number of hydrogen-bond acceptors (Lipinski definition) is 2. The summed E-state index contributed by atoms with van der Waals surface area (Å²) in [6, 6.07) is 18.6. The molecular formula is C21H20O3. The van der Waals surface area contributed by atoms with E-state index in [0.717, 1.165) is 12.0 Å². The van der Waals surface area contributed by atoms with E-state index in [1.807, 2.05) is 24.3 Å². The Labute approximate surface area is 141 Å². The minimum absolute atomic E-state index is 0.0498. The maximum Gasteiger partial charge on any atom is 0.311 e. The molecule has 2 aromatic carbocycles. The zero-order valence-electron chi connectivity index (χ0n) is 13.6. The molecule has 1 N–H and O–H groups in total. The lowest BCUT2D eigenvalue weighted by Crippen LogP contribution is -2.29. The zero-order chi connectivity index (χ0) is 16.5. The fourth-order valence-electron chi connectivity index (χ4n) is 6.35. The van der Waals surface area contributed by atoms with Crippen LogP contribution in [0.5, 0.6) is 0 Å². The van der Waals surface area contributed by atoms with Gasteiger partial charge in [0.2, 0.25) is 0 Å². The molecule has 0 spiro atoms. The fraction of sp³-hybridized carbons (Fsp3) is 0.381. The Balaban J connectivity index is 1.74. The van der Waals surface area contributed by atoms with Gasteiger partial charge in [0.15, 0.2) is 0 Å². The van der Waals surface area contributed by atoms with Gasteiger partial charge in [-0.3, -0.25) is 4.79 Å². The van der Waals surface area contributed by atoms with Gasteiger partial charge in [-0.15, -0.1) is 0 Å². The first kappa shape index (κ1) is 14.2. The molecule has 3 nitrogen and oxygen atoms in total. The van der Waals surface area contributed by atoms with Crippen molar-refractivity contribution in [3.05, 3.63) is 71.3 Å². The molecule has 2 saturated carbocycles. The number of fused-ring (bicyclic) bond motifs is 4. The molecule has 3 aliphatic rings. The predicted molar refractivity (Wildman–Crippen MR) is 90.1 cm³/mol. The van der Waals surface area contributed by atoms with Gasteiger partial charge >= 0.3 is 5.97 Å². The first-order valence-corrected chi connectivity index (χ1v) is 8.55. The second kappa shape index (κ2) is 4.48. The molecule has 24 heavy (non-hydrogen) atoms. The number of hydrogen-bond donors (Lipinski definition) is 1. The first-order chi connectivity index (χ1) is 11.7. The molecule has 0 heterocycles. The second-order valence-electron chi connectivity index (χ2n) is 7.46. The molecule has 0 aliphatic heterocycles. The summed E-state index contributed by atoms with van der Waals surface area (Å²) in [7, 11) is 1.69. The summed E-state index contributed by atoms with van der Waals surface area (Å²) < 4.78 is 5.58. The van der Waals surface area contributed by atoms with E-state index in [9.17, 15) is 9.90 Å². The van der Waals surface area contributed by atoms with Crippen LogP contribution in [0.25, 0.3) is 0 Å². The summed E-state index contributed by atoms with van der Waals surface area (Å²) in [5.41, 5.74) is 2.73.